The summed E-state index contributed by atoms with van der Waals surface area (Å²) in [6.07, 6.45) is 4.16. The van der Waals surface area contributed by atoms with Gasteiger partial charge in [0.1, 0.15) is 0 Å². The van der Waals surface area contributed by atoms with Crippen molar-refractivity contribution >= 4 is 11.9 Å². The van der Waals surface area contributed by atoms with E-state index in [9.17, 15) is 14.7 Å². The molecule has 2 N–H and O–H groups in total. The predicted molar refractivity (Wildman–Crippen MR) is 82.9 cm³/mol. The second-order valence-electron chi connectivity index (χ2n) is 6.19. The lowest BCUT2D eigenvalue weighted by atomic mass is 9.74. The molecule has 22 heavy (non-hydrogen) atoms. The number of amides is 1. The van der Waals surface area contributed by atoms with Crippen LogP contribution in [0.1, 0.15) is 60.8 Å². The quantitative estimate of drug-likeness (QED) is 0.874. The van der Waals surface area contributed by atoms with Crippen molar-refractivity contribution < 1.29 is 14.7 Å². The molecule has 1 heterocycles. The number of carboxylic acids is 1. The number of aliphatic carboxylic acids is 1. The van der Waals surface area contributed by atoms with Gasteiger partial charge in [0.25, 0.3) is 5.91 Å². The minimum Gasteiger partial charge on any atom is -0.481 e. The molecule has 1 aromatic heterocycles. The summed E-state index contributed by atoms with van der Waals surface area (Å²) in [5.41, 5.74) is 1.27. The molecule has 6 nitrogen and oxygen atoms in total. The van der Waals surface area contributed by atoms with Crippen LogP contribution in [0.15, 0.2) is 0 Å². The minimum absolute atomic E-state index is 0.192. The summed E-state index contributed by atoms with van der Waals surface area (Å²) in [4.78, 5) is 24.1. The van der Waals surface area contributed by atoms with Crippen molar-refractivity contribution in [3.8, 4) is 0 Å². The first kappa shape index (κ1) is 16.5. The van der Waals surface area contributed by atoms with Crippen LogP contribution >= 0.6 is 0 Å². The van der Waals surface area contributed by atoms with Gasteiger partial charge in [-0.15, -0.1) is 0 Å². The van der Waals surface area contributed by atoms with Crippen molar-refractivity contribution in [3.63, 3.8) is 0 Å². The van der Waals surface area contributed by atoms with E-state index >= 15 is 0 Å². The summed E-state index contributed by atoms with van der Waals surface area (Å²) < 4.78 is 1.79. The monoisotopic (exact) mass is 307 g/mol. The molecule has 1 aliphatic rings. The average molecular weight is 307 g/mol. The number of aromatic nitrogens is 2. The number of nitrogens with zero attached hydrogens (tertiary/aromatic N) is 2. The normalized spacial score (nSPS) is 17.2. The molecule has 0 unspecified atom stereocenters. The number of carboxylic acid groups (broad SMARTS) is 1. The third kappa shape index (κ3) is 3.00. The fourth-order valence-electron chi connectivity index (χ4n) is 3.37. The van der Waals surface area contributed by atoms with Gasteiger partial charge < -0.3 is 10.4 Å². The van der Waals surface area contributed by atoms with Crippen LogP contribution in [0.25, 0.3) is 0 Å². The lowest BCUT2D eigenvalue weighted by molar-refractivity contribution is -0.150. The topological polar surface area (TPSA) is 84.2 Å². The minimum atomic E-state index is -0.809. The van der Waals surface area contributed by atoms with Crippen LogP contribution in [0.4, 0.5) is 0 Å². The Bertz CT molecular complexity index is 571. The zero-order valence-electron chi connectivity index (χ0n) is 13.6. The van der Waals surface area contributed by atoms with Gasteiger partial charge in [0.05, 0.1) is 16.7 Å². The van der Waals surface area contributed by atoms with E-state index in [2.05, 4.69) is 10.4 Å². The summed E-state index contributed by atoms with van der Waals surface area (Å²) in [6.45, 7) is 6.55. The van der Waals surface area contributed by atoms with Crippen LogP contribution in [0.2, 0.25) is 0 Å². The fraction of sp³-hybridized carbons (Fsp3) is 0.688. The van der Waals surface area contributed by atoms with Crippen LogP contribution in [-0.2, 0) is 11.3 Å². The van der Waals surface area contributed by atoms with Gasteiger partial charge in [-0.05, 0) is 33.6 Å². The summed E-state index contributed by atoms with van der Waals surface area (Å²) in [6, 6.07) is 0. The molecule has 0 saturated heterocycles. The molecule has 0 aliphatic heterocycles. The standard InChI is InChI=1S/C16H25N3O3/c1-4-19-12(3)13(11(2)18-19)14(20)17-10-16(15(21)22)8-6-5-7-9-16/h4-10H2,1-3H3,(H,17,20)(H,21,22). The van der Waals surface area contributed by atoms with E-state index in [0.29, 0.717) is 30.6 Å². The largest absolute Gasteiger partial charge is 0.481 e. The molecule has 0 spiro atoms. The number of rotatable bonds is 5. The lowest BCUT2D eigenvalue weighted by Gasteiger charge is -2.33. The highest BCUT2D eigenvalue weighted by Crippen LogP contribution is 2.36. The number of hydrogen-bond acceptors (Lipinski definition) is 3. The Hall–Kier alpha value is -1.85. The molecule has 0 bridgehead atoms. The average Bonchev–Trinajstić information content (AvgIpc) is 2.80. The third-order valence-corrected chi connectivity index (χ3v) is 4.76. The molecular formula is C16H25N3O3. The molecule has 2 rings (SSSR count). The molecule has 1 aliphatic carbocycles. The van der Waals surface area contributed by atoms with Crippen LogP contribution < -0.4 is 5.32 Å². The van der Waals surface area contributed by atoms with Crippen molar-refractivity contribution in [2.24, 2.45) is 5.41 Å². The molecule has 0 atom stereocenters. The first-order chi connectivity index (χ1) is 10.4. The van der Waals surface area contributed by atoms with Crippen LogP contribution in [-0.4, -0.2) is 33.3 Å². The highest BCUT2D eigenvalue weighted by atomic mass is 16.4. The number of carbonyl (C=O) groups is 2. The van der Waals surface area contributed by atoms with Crippen LogP contribution in [0, 0.1) is 19.3 Å². The van der Waals surface area contributed by atoms with Gasteiger partial charge in [-0.2, -0.15) is 5.10 Å². The van der Waals surface area contributed by atoms with Crippen molar-refractivity contribution in [2.45, 2.75) is 59.4 Å². The molecule has 122 valence electrons. The van der Waals surface area contributed by atoms with Crippen LogP contribution in [0.3, 0.4) is 0 Å². The Morgan fingerprint density at radius 2 is 1.91 bits per heavy atom. The van der Waals surface area contributed by atoms with E-state index < -0.39 is 11.4 Å². The van der Waals surface area contributed by atoms with E-state index in [0.717, 1.165) is 25.0 Å². The van der Waals surface area contributed by atoms with Gasteiger partial charge in [0.2, 0.25) is 0 Å². The summed E-state index contributed by atoms with van der Waals surface area (Å²) in [5.74, 6) is -1.02. The first-order valence-corrected chi connectivity index (χ1v) is 7.97. The van der Waals surface area contributed by atoms with Crippen molar-refractivity contribution in [1.29, 1.82) is 0 Å². The fourth-order valence-corrected chi connectivity index (χ4v) is 3.37. The van der Waals surface area contributed by atoms with Crippen molar-refractivity contribution in [2.75, 3.05) is 6.54 Å². The third-order valence-electron chi connectivity index (χ3n) is 4.76. The highest BCUT2D eigenvalue weighted by molar-refractivity contribution is 5.96. The van der Waals surface area contributed by atoms with E-state index in [-0.39, 0.29) is 12.5 Å². The zero-order valence-corrected chi connectivity index (χ0v) is 13.6. The lowest BCUT2D eigenvalue weighted by Crippen LogP contribution is -2.44. The van der Waals surface area contributed by atoms with Gasteiger partial charge in [0.15, 0.2) is 0 Å². The van der Waals surface area contributed by atoms with Crippen LogP contribution in [0.5, 0.6) is 0 Å². The molecule has 1 amide bonds. The Labute approximate surface area is 130 Å². The predicted octanol–water partition coefficient (Wildman–Crippen LogP) is 2.28. The number of hydrogen-bond donors (Lipinski definition) is 2. The highest BCUT2D eigenvalue weighted by Gasteiger charge is 2.40. The molecular weight excluding hydrogens is 282 g/mol. The second kappa shape index (κ2) is 6.50. The van der Waals surface area contributed by atoms with Crippen molar-refractivity contribution in [3.05, 3.63) is 17.0 Å². The molecule has 1 saturated carbocycles. The maximum atomic E-state index is 12.5. The Morgan fingerprint density at radius 1 is 1.27 bits per heavy atom. The smallest absolute Gasteiger partial charge is 0.311 e. The van der Waals surface area contributed by atoms with E-state index in [1.807, 2.05) is 20.8 Å². The van der Waals surface area contributed by atoms with Gasteiger partial charge in [0, 0.05) is 18.8 Å². The summed E-state index contributed by atoms with van der Waals surface area (Å²) in [5, 5.41) is 16.7. The van der Waals surface area contributed by atoms with Crippen molar-refractivity contribution in [1.82, 2.24) is 15.1 Å². The first-order valence-electron chi connectivity index (χ1n) is 7.97. The Balaban J connectivity index is 2.12. The SMILES string of the molecule is CCn1nc(C)c(C(=O)NCC2(C(=O)O)CCCCC2)c1C. The molecule has 1 fully saturated rings. The van der Waals surface area contributed by atoms with E-state index in [1.54, 1.807) is 4.68 Å². The summed E-state index contributed by atoms with van der Waals surface area (Å²) in [7, 11) is 0. The molecule has 0 radical (unpaired) electrons. The molecule has 0 aromatic carbocycles. The van der Waals surface area contributed by atoms with Gasteiger partial charge in [-0.25, -0.2) is 0 Å². The number of carbonyl (C=O) groups excluding carboxylic acids is 1. The number of aryl methyl sites for hydroxylation is 2. The van der Waals surface area contributed by atoms with E-state index in [4.69, 9.17) is 0 Å². The Morgan fingerprint density at radius 3 is 2.41 bits per heavy atom. The zero-order chi connectivity index (χ0) is 16.3. The number of nitrogens with one attached hydrogen (secondary N) is 1. The van der Waals surface area contributed by atoms with E-state index in [1.165, 1.54) is 0 Å². The molecule has 6 heteroatoms. The maximum Gasteiger partial charge on any atom is 0.311 e. The van der Waals surface area contributed by atoms with Gasteiger partial charge >= 0.3 is 5.97 Å². The summed E-state index contributed by atoms with van der Waals surface area (Å²) >= 11 is 0. The van der Waals surface area contributed by atoms with Gasteiger partial charge in [-0.3, -0.25) is 14.3 Å². The maximum absolute atomic E-state index is 12.5. The second-order valence-corrected chi connectivity index (χ2v) is 6.19. The molecule has 1 aromatic rings. The Kier molecular flexibility index (Phi) is 4.88. The van der Waals surface area contributed by atoms with Gasteiger partial charge in [-0.1, -0.05) is 19.3 Å².